The molecule has 4 nitrogen and oxygen atoms in total. The van der Waals surface area contributed by atoms with E-state index in [1.165, 1.54) is 22.1 Å². The van der Waals surface area contributed by atoms with Crippen molar-refractivity contribution in [3.63, 3.8) is 0 Å². The van der Waals surface area contributed by atoms with Crippen LogP contribution in [0.25, 0.3) is 16.5 Å². The Morgan fingerprint density at radius 3 is 2.74 bits per heavy atom. The third-order valence-electron chi connectivity index (χ3n) is 4.12. The topological polar surface area (TPSA) is 45.3 Å². The molecular formula is C19H24N2O2. The zero-order valence-corrected chi connectivity index (χ0v) is 14.3. The van der Waals surface area contributed by atoms with Crippen molar-refractivity contribution < 1.29 is 9.53 Å². The second-order valence-electron chi connectivity index (χ2n) is 7.14. The van der Waals surface area contributed by atoms with Crippen LogP contribution in [0.4, 0.5) is 4.79 Å². The summed E-state index contributed by atoms with van der Waals surface area (Å²) in [4.78, 5) is 17.1. The average Bonchev–Trinajstić information content (AvgIpc) is 2.87. The number of aryl methyl sites for hydroxylation is 1. The molecule has 2 aromatic rings. The minimum atomic E-state index is -0.447. The highest BCUT2D eigenvalue weighted by molar-refractivity contribution is 5.87. The lowest BCUT2D eigenvalue weighted by Crippen LogP contribution is -2.39. The summed E-state index contributed by atoms with van der Waals surface area (Å²) >= 11 is 0. The number of aromatic nitrogens is 1. The molecule has 23 heavy (non-hydrogen) atoms. The van der Waals surface area contributed by atoms with Crippen LogP contribution in [0.1, 0.15) is 38.3 Å². The van der Waals surface area contributed by atoms with Gasteiger partial charge in [0.25, 0.3) is 0 Å². The van der Waals surface area contributed by atoms with Gasteiger partial charge in [-0.25, -0.2) is 4.79 Å². The van der Waals surface area contributed by atoms with E-state index in [0.717, 1.165) is 11.9 Å². The molecule has 0 radical (unpaired) electrons. The molecule has 0 saturated heterocycles. The van der Waals surface area contributed by atoms with Gasteiger partial charge in [-0.05, 0) is 62.9 Å². The summed E-state index contributed by atoms with van der Waals surface area (Å²) in [7, 11) is 0. The highest BCUT2D eigenvalue weighted by Crippen LogP contribution is 2.27. The van der Waals surface area contributed by atoms with Crippen LogP contribution in [-0.2, 0) is 4.74 Å². The predicted molar refractivity (Wildman–Crippen MR) is 93.4 cm³/mol. The molecule has 0 bridgehead atoms. The van der Waals surface area contributed by atoms with Gasteiger partial charge < -0.3 is 14.6 Å². The average molecular weight is 312 g/mol. The zero-order valence-electron chi connectivity index (χ0n) is 14.3. The van der Waals surface area contributed by atoms with Crippen LogP contribution in [0.15, 0.2) is 30.5 Å². The van der Waals surface area contributed by atoms with E-state index in [-0.39, 0.29) is 6.09 Å². The lowest BCUT2D eigenvalue weighted by molar-refractivity contribution is 0.0270. The Bertz CT molecular complexity index is 765. The van der Waals surface area contributed by atoms with Gasteiger partial charge in [0, 0.05) is 30.2 Å². The first kappa shape index (κ1) is 15.7. The number of H-pyrrole nitrogens is 1. The summed E-state index contributed by atoms with van der Waals surface area (Å²) in [5.41, 5.74) is 4.51. The fourth-order valence-corrected chi connectivity index (χ4v) is 2.88. The van der Waals surface area contributed by atoms with Crippen molar-refractivity contribution in [3.05, 3.63) is 41.6 Å². The monoisotopic (exact) mass is 312 g/mol. The Balaban J connectivity index is 1.75. The van der Waals surface area contributed by atoms with Gasteiger partial charge in [0.1, 0.15) is 5.60 Å². The predicted octanol–water partition coefficient (Wildman–Crippen LogP) is 4.50. The maximum absolute atomic E-state index is 12.1. The smallest absolute Gasteiger partial charge is 0.410 e. The van der Waals surface area contributed by atoms with E-state index in [0.29, 0.717) is 13.1 Å². The molecule has 0 atom stereocenters. The molecule has 122 valence electrons. The van der Waals surface area contributed by atoms with Crippen LogP contribution in [0.3, 0.4) is 0 Å². The van der Waals surface area contributed by atoms with E-state index in [2.05, 4.69) is 36.2 Å². The Kier molecular flexibility index (Phi) is 3.92. The van der Waals surface area contributed by atoms with Crippen LogP contribution in [0.2, 0.25) is 0 Å². The van der Waals surface area contributed by atoms with Crippen LogP contribution < -0.4 is 0 Å². The number of carbonyl (C=O) groups is 1. The molecule has 0 aliphatic carbocycles. The van der Waals surface area contributed by atoms with Gasteiger partial charge in [0.2, 0.25) is 0 Å². The first-order valence-electron chi connectivity index (χ1n) is 8.08. The minimum absolute atomic E-state index is 0.232. The third-order valence-corrected chi connectivity index (χ3v) is 4.12. The van der Waals surface area contributed by atoms with E-state index < -0.39 is 5.60 Å². The molecule has 3 rings (SSSR count). The van der Waals surface area contributed by atoms with E-state index in [9.17, 15) is 4.79 Å². The summed E-state index contributed by atoms with van der Waals surface area (Å²) in [5.74, 6) is 0. The number of aromatic amines is 1. The zero-order chi connectivity index (χ0) is 16.6. The Morgan fingerprint density at radius 2 is 2.09 bits per heavy atom. The third kappa shape index (κ3) is 3.41. The molecule has 1 aliphatic rings. The molecule has 1 amide bonds. The van der Waals surface area contributed by atoms with Gasteiger partial charge >= 0.3 is 6.09 Å². The number of rotatable bonds is 1. The number of hydrogen-bond donors (Lipinski definition) is 1. The largest absolute Gasteiger partial charge is 0.444 e. The summed E-state index contributed by atoms with van der Waals surface area (Å²) in [5, 5.41) is 1.26. The highest BCUT2D eigenvalue weighted by Gasteiger charge is 2.23. The van der Waals surface area contributed by atoms with Crippen molar-refractivity contribution >= 4 is 22.6 Å². The van der Waals surface area contributed by atoms with E-state index >= 15 is 0 Å². The molecule has 1 aromatic heterocycles. The normalized spacial score (nSPS) is 15.7. The number of ether oxygens (including phenoxy) is 1. The van der Waals surface area contributed by atoms with Gasteiger partial charge in [0.05, 0.1) is 0 Å². The van der Waals surface area contributed by atoms with Gasteiger partial charge in [-0.1, -0.05) is 12.1 Å². The molecule has 0 fully saturated rings. The van der Waals surface area contributed by atoms with E-state index in [1.54, 1.807) is 4.90 Å². The fraction of sp³-hybridized carbons (Fsp3) is 0.421. The molecule has 1 aliphatic heterocycles. The number of nitrogens with zero attached hydrogens (tertiary/aromatic N) is 1. The number of nitrogens with one attached hydrogen (secondary N) is 1. The number of hydrogen-bond acceptors (Lipinski definition) is 2. The second kappa shape index (κ2) is 5.76. The van der Waals surface area contributed by atoms with Crippen LogP contribution in [-0.4, -0.2) is 34.7 Å². The van der Waals surface area contributed by atoms with Crippen molar-refractivity contribution in [2.24, 2.45) is 0 Å². The standard InChI is InChI=1S/C19H24N2O2/c1-13-12-20-17-6-5-15(11-16(13)17)14-7-9-21(10-8-14)18(22)23-19(2,3)4/h5-7,11-12,20H,8-10H2,1-4H3. The second-order valence-corrected chi connectivity index (χ2v) is 7.14. The van der Waals surface area contributed by atoms with Crippen LogP contribution >= 0.6 is 0 Å². The van der Waals surface area contributed by atoms with Gasteiger partial charge in [-0.2, -0.15) is 0 Å². The molecule has 1 aromatic carbocycles. The highest BCUT2D eigenvalue weighted by atomic mass is 16.6. The number of carbonyl (C=O) groups excluding carboxylic acids is 1. The summed E-state index contributed by atoms with van der Waals surface area (Å²) in [6, 6.07) is 6.50. The lowest BCUT2D eigenvalue weighted by atomic mass is 9.98. The lowest BCUT2D eigenvalue weighted by Gasteiger charge is -2.29. The molecule has 4 heteroatoms. The molecule has 2 heterocycles. The van der Waals surface area contributed by atoms with Crippen molar-refractivity contribution in [2.75, 3.05) is 13.1 Å². The molecular weight excluding hydrogens is 288 g/mol. The molecule has 0 saturated carbocycles. The van der Waals surface area contributed by atoms with Crippen molar-refractivity contribution in [1.82, 2.24) is 9.88 Å². The molecule has 0 unspecified atom stereocenters. The van der Waals surface area contributed by atoms with Crippen molar-refractivity contribution in [3.8, 4) is 0 Å². The van der Waals surface area contributed by atoms with Crippen LogP contribution in [0, 0.1) is 6.92 Å². The Labute approximate surface area is 137 Å². The molecule has 0 spiro atoms. The van der Waals surface area contributed by atoms with E-state index in [4.69, 9.17) is 4.74 Å². The number of fused-ring (bicyclic) bond motifs is 1. The quantitative estimate of drug-likeness (QED) is 0.842. The fourth-order valence-electron chi connectivity index (χ4n) is 2.88. The summed E-state index contributed by atoms with van der Waals surface area (Å²) < 4.78 is 5.43. The van der Waals surface area contributed by atoms with E-state index in [1.807, 2.05) is 27.0 Å². The SMILES string of the molecule is Cc1c[nH]c2ccc(C3=CCN(C(=O)OC(C)(C)C)CC3)cc12. The Hall–Kier alpha value is -2.23. The molecule has 1 N–H and O–H groups in total. The first-order valence-corrected chi connectivity index (χ1v) is 8.08. The van der Waals surface area contributed by atoms with Gasteiger partial charge in [-0.15, -0.1) is 0 Å². The Morgan fingerprint density at radius 1 is 1.30 bits per heavy atom. The maximum atomic E-state index is 12.1. The minimum Gasteiger partial charge on any atom is -0.444 e. The summed E-state index contributed by atoms with van der Waals surface area (Å²) in [6.07, 6.45) is 4.79. The number of amides is 1. The van der Waals surface area contributed by atoms with Gasteiger partial charge in [0.15, 0.2) is 0 Å². The van der Waals surface area contributed by atoms with Crippen LogP contribution in [0.5, 0.6) is 0 Å². The van der Waals surface area contributed by atoms with Gasteiger partial charge in [-0.3, -0.25) is 0 Å². The van der Waals surface area contributed by atoms with Crippen molar-refractivity contribution in [1.29, 1.82) is 0 Å². The maximum Gasteiger partial charge on any atom is 0.410 e. The first-order chi connectivity index (χ1) is 10.8. The van der Waals surface area contributed by atoms with Crippen molar-refractivity contribution in [2.45, 2.75) is 39.7 Å². The number of benzene rings is 1. The summed E-state index contributed by atoms with van der Waals surface area (Å²) in [6.45, 7) is 9.10.